The minimum atomic E-state index is -0.603. The van der Waals surface area contributed by atoms with Crippen LogP contribution in [0.3, 0.4) is 0 Å². The average molecular weight is 453 g/mol. The Bertz CT molecular complexity index is 1160. The van der Waals surface area contributed by atoms with Crippen molar-refractivity contribution in [2.75, 3.05) is 12.4 Å². The van der Waals surface area contributed by atoms with E-state index in [1.54, 1.807) is 37.4 Å². The molecule has 0 radical (unpaired) electrons. The molecule has 156 valence electrons. The number of rotatable bonds is 7. The van der Waals surface area contributed by atoms with Gasteiger partial charge in [-0.15, -0.1) is 0 Å². The number of methoxy groups -OCH3 is 1. The van der Waals surface area contributed by atoms with Crippen LogP contribution in [-0.4, -0.2) is 13.0 Å². The first kappa shape index (κ1) is 22.2. The number of hydrogen-bond donors (Lipinski definition) is 1. The molecule has 0 fully saturated rings. The van der Waals surface area contributed by atoms with Crippen LogP contribution in [-0.2, 0) is 11.4 Å². The molecule has 5 nitrogen and oxygen atoms in total. The number of carbonyl (C=O) groups excluding carboxylic acids is 1. The number of benzene rings is 3. The van der Waals surface area contributed by atoms with Gasteiger partial charge in [0.15, 0.2) is 11.5 Å². The molecule has 0 saturated heterocycles. The molecule has 0 saturated carbocycles. The Balaban J connectivity index is 1.82. The highest BCUT2D eigenvalue weighted by Crippen LogP contribution is 2.30. The smallest absolute Gasteiger partial charge is 0.266 e. The molecule has 3 aromatic rings. The second kappa shape index (κ2) is 10.5. The van der Waals surface area contributed by atoms with Crippen molar-refractivity contribution in [3.8, 4) is 17.6 Å². The van der Waals surface area contributed by atoms with Gasteiger partial charge in [-0.05, 0) is 47.5 Å². The van der Waals surface area contributed by atoms with Gasteiger partial charge in [0.05, 0.1) is 17.8 Å². The summed E-state index contributed by atoms with van der Waals surface area (Å²) in [6, 6.07) is 21.4. The molecule has 0 bridgehead atoms. The van der Waals surface area contributed by atoms with Crippen molar-refractivity contribution in [2.45, 2.75) is 6.61 Å². The van der Waals surface area contributed by atoms with Gasteiger partial charge in [0, 0.05) is 5.02 Å². The predicted octanol–water partition coefficient (Wildman–Crippen LogP) is 6.13. The molecule has 3 aromatic carbocycles. The minimum absolute atomic E-state index is 0.102. The third-order valence-electron chi connectivity index (χ3n) is 4.28. The fraction of sp³-hybridized carbons (Fsp3) is 0.0833. The Morgan fingerprint density at radius 2 is 1.84 bits per heavy atom. The van der Waals surface area contributed by atoms with Crippen molar-refractivity contribution < 1.29 is 14.3 Å². The maximum Gasteiger partial charge on any atom is 0.266 e. The lowest BCUT2D eigenvalue weighted by Gasteiger charge is -2.12. The van der Waals surface area contributed by atoms with E-state index in [1.807, 2.05) is 36.4 Å². The zero-order chi connectivity index (χ0) is 22.2. The fourth-order valence-electron chi connectivity index (χ4n) is 2.73. The summed E-state index contributed by atoms with van der Waals surface area (Å²) in [6.45, 7) is 0.350. The number of nitriles is 1. The molecule has 1 N–H and O–H groups in total. The predicted molar refractivity (Wildman–Crippen MR) is 122 cm³/mol. The second-order valence-electron chi connectivity index (χ2n) is 6.43. The van der Waals surface area contributed by atoms with Crippen LogP contribution in [0, 0.1) is 11.3 Å². The van der Waals surface area contributed by atoms with E-state index in [4.69, 9.17) is 32.7 Å². The Morgan fingerprint density at radius 3 is 2.55 bits per heavy atom. The highest BCUT2D eigenvalue weighted by Gasteiger charge is 2.13. The largest absolute Gasteiger partial charge is 0.493 e. The van der Waals surface area contributed by atoms with Crippen molar-refractivity contribution in [1.82, 2.24) is 0 Å². The van der Waals surface area contributed by atoms with Crippen molar-refractivity contribution in [1.29, 1.82) is 5.26 Å². The Morgan fingerprint density at radius 1 is 1.06 bits per heavy atom. The summed E-state index contributed by atoms with van der Waals surface area (Å²) in [7, 11) is 1.54. The van der Waals surface area contributed by atoms with Crippen LogP contribution in [0.4, 0.5) is 5.69 Å². The number of halogens is 2. The van der Waals surface area contributed by atoms with Gasteiger partial charge in [0.1, 0.15) is 18.2 Å². The summed E-state index contributed by atoms with van der Waals surface area (Å²) in [5.41, 5.74) is 1.82. The van der Waals surface area contributed by atoms with E-state index in [2.05, 4.69) is 5.32 Å². The molecule has 1 amide bonds. The van der Waals surface area contributed by atoms with E-state index in [1.165, 1.54) is 12.1 Å². The Kier molecular flexibility index (Phi) is 7.55. The first-order chi connectivity index (χ1) is 15.0. The average Bonchev–Trinajstić information content (AvgIpc) is 2.79. The monoisotopic (exact) mass is 452 g/mol. The standard InChI is InChI=1S/C24H18Cl2N2O3/c1-30-22-10-7-17(12-23(22)31-15-16-5-3-2-4-6-16)11-18(14-27)24(29)28-21-13-19(25)8-9-20(21)26/h2-13H,15H2,1H3,(H,28,29)/b18-11-. The number of carbonyl (C=O) groups is 1. The van der Waals surface area contributed by atoms with Crippen molar-refractivity contribution in [2.24, 2.45) is 0 Å². The number of ether oxygens (including phenoxy) is 2. The van der Waals surface area contributed by atoms with E-state index >= 15 is 0 Å². The Labute approximate surface area is 190 Å². The van der Waals surface area contributed by atoms with Crippen LogP contribution in [0.15, 0.2) is 72.3 Å². The molecule has 0 aliphatic heterocycles. The first-order valence-corrected chi connectivity index (χ1v) is 9.98. The van der Waals surface area contributed by atoms with Gasteiger partial charge in [-0.25, -0.2) is 0 Å². The van der Waals surface area contributed by atoms with Gasteiger partial charge in [0.25, 0.3) is 5.91 Å². The maximum absolute atomic E-state index is 12.6. The topological polar surface area (TPSA) is 71.3 Å². The van der Waals surface area contributed by atoms with Crippen molar-refractivity contribution in [3.63, 3.8) is 0 Å². The van der Waals surface area contributed by atoms with E-state index in [0.29, 0.717) is 39.4 Å². The van der Waals surface area contributed by atoms with Crippen LogP contribution in [0.25, 0.3) is 6.08 Å². The van der Waals surface area contributed by atoms with E-state index < -0.39 is 5.91 Å². The molecule has 0 heterocycles. The van der Waals surface area contributed by atoms with Crippen molar-refractivity contribution in [3.05, 3.63) is 93.5 Å². The minimum Gasteiger partial charge on any atom is -0.493 e. The molecule has 0 aliphatic rings. The summed E-state index contributed by atoms with van der Waals surface area (Å²) >= 11 is 12.0. The number of nitrogens with one attached hydrogen (secondary N) is 1. The van der Waals surface area contributed by atoms with Crippen LogP contribution in [0.5, 0.6) is 11.5 Å². The van der Waals surface area contributed by atoms with Crippen LogP contribution < -0.4 is 14.8 Å². The van der Waals surface area contributed by atoms with Gasteiger partial charge < -0.3 is 14.8 Å². The molecule has 0 unspecified atom stereocenters. The van der Waals surface area contributed by atoms with E-state index in [0.717, 1.165) is 5.56 Å². The van der Waals surface area contributed by atoms with Gasteiger partial charge in [0.2, 0.25) is 0 Å². The SMILES string of the molecule is COc1ccc(/C=C(/C#N)C(=O)Nc2cc(Cl)ccc2Cl)cc1OCc1ccccc1. The van der Waals surface area contributed by atoms with Crippen molar-refractivity contribution >= 4 is 40.9 Å². The van der Waals surface area contributed by atoms with Gasteiger partial charge in [-0.2, -0.15) is 5.26 Å². The molecule has 0 spiro atoms. The van der Waals surface area contributed by atoms with E-state index in [9.17, 15) is 10.1 Å². The number of amides is 1. The molecule has 31 heavy (non-hydrogen) atoms. The zero-order valence-corrected chi connectivity index (χ0v) is 18.1. The number of hydrogen-bond acceptors (Lipinski definition) is 4. The molecule has 7 heteroatoms. The number of nitrogens with zero attached hydrogens (tertiary/aromatic N) is 1. The van der Waals surface area contributed by atoms with Gasteiger partial charge in [-0.1, -0.05) is 59.6 Å². The lowest BCUT2D eigenvalue weighted by atomic mass is 10.1. The molecule has 0 aromatic heterocycles. The third kappa shape index (κ3) is 6.02. The summed E-state index contributed by atoms with van der Waals surface area (Å²) < 4.78 is 11.2. The van der Waals surface area contributed by atoms with Crippen LogP contribution in [0.1, 0.15) is 11.1 Å². The lowest BCUT2D eigenvalue weighted by molar-refractivity contribution is -0.112. The fourth-order valence-corrected chi connectivity index (χ4v) is 3.07. The Hall–Kier alpha value is -3.46. The van der Waals surface area contributed by atoms with Crippen LogP contribution >= 0.6 is 23.2 Å². The number of anilines is 1. The highest BCUT2D eigenvalue weighted by molar-refractivity contribution is 6.36. The van der Waals surface area contributed by atoms with Gasteiger partial charge >= 0.3 is 0 Å². The quantitative estimate of drug-likeness (QED) is 0.345. The summed E-state index contributed by atoms with van der Waals surface area (Å²) in [5, 5.41) is 12.8. The van der Waals surface area contributed by atoms with Gasteiger partial charge in [-0.3, -0.25) is 4.79 Å². The molecule has 3 rings (SSSR count). The summed E-state index contributed by atoms with van der Waals surface area (Å²) in [6.07, 6.45) is 1.46. The summed E-state index contributed by atoms with van der Waals surface area (Å²) in [4.78, 5) is 12.6. The van der Waals surface area contributed by atoms with E-state index in [-0.39, 0.29) is 5.57 Å². The normalized spacial score (nSPS) is 10.8. The first-order valence-electron chi connectivity index (χ1n) is 9.23. The van der Waals surface area contributed by atoms with Crippen LogP contribution in [0.2, 0.25) is 10.0 Å². The lowest BCUT2D eigenvalue weighted by Crippen LogP contribution is -2.13. The molecule has 0 atom stereocenters. The maximum atomic E-state index is 12.6. The zero-order valence-electron chi connectivity index (χ0n) is 16.6. The molecule has 0 aliphatic carbocycles. The second-order valence-corrected chi connectivity index (χ2v) is 7.28. The molecular formula is C24H18Cl2N2O3. The summed E-state index contributed by atoms with van der Waals surface area (Å²) in [5.74, 6) is 0.437. The molecular weight excluding hydrogens is 435 g/mol. The third-order valence-corrected chi connectivity index (χ3v) is 4.84. The highest BCUT2D eigenvalue weighted by atomic mass is 35.5.